The van der Waals surface area contributed by atoms with Crippen LogP contribution in [-0.4, -0.2) is 82.7 Å². The minimum absolute atomic E-state index is 0.0909. The summed E-state index contributed by atoms with van der Waals surface area (Å²) in [7, 11) is -7.67. The third kappa shape index (κ3) is 10.3. The van der Waals surface area contributed by atoms with Gasteiger partial charge in [0.05, 0.1) is 20.3 Å². The van der Waals surface area contributed by atoms with E-state index in [1.54, 1.807) is 39.3 Å². The molecule has 16 heteroatoms. The number of methoxy groups -OCH3 is 1. The molecular formula is C35H59N4O9PSi2. The van der Waals surface area contributed by atoms with Crippen LogP contribution >= 0.6 is 7.60 Å². The van der Waals surface area contributed by atoms with Crippen molar-refractivity contribution in [3.8, 4) is 5.75 Å². The first-order chi connectivity index (χ1) is 23.5. The Bertz CT molecular complexity index is 1610. The number of hydrogen-bond acceptors (Lipinski definition) is 11. The van der Waals surface area contributed by atoms with E-state index in [9.17, 15) is 14.2 Å². The minimum Gasteiger partial charge on any atom is -0.497 e. The third-order valence-corrected chi connectivity index (χ3v) is 21.1. The minimum atomic E-state index is -4.05. The van der Waals surface area contributed by atoms with Gasteiger partial charge in [-0.2, -0.15) is 4.98 Å². The Morgan fingerprint density at radius 3 is 1.96 bits per heavy atom. The average molecular weight is 767 g/mol. The maximum absolute atomic E-state index is 14.9. The molecule has 286 valence electrons. The van der Waals surface area contributed by atoms with E-state index in [2.05, 4.69) is 78.0 Å². The van der Waals surface area contributed by atoms with Crippen LogP contribution < -0.4 is 15.7 Å². The van der Waals surface area contributed by atoms with E-state index in [1.165, 1.54) is 23.8 Å². The topological polar surface area (TPSA) is 149 Å². The summed E-state index contributed by atoms with van der Waals surface area (Å²) in [5, 5.41) is 2.10. The molecule has 1 aliphatic heterocycles. The Kier molecular flexibility index (Phi) is 14.0. The van der Waals surface area contributed by atoms with Gasteiger partial charge in [0.1, 0.15) is 29.9 Å². The summed E-state index contributed by atoms with van der Waals surface area (Å²) in [5.41, 5.74) is 0.0534. The molecule has 0 bridgehead atoms. The van der Waals surface area contributed by atoms with Crippen LogP contribution in [0.3, 0.4) is 0 Å². The number of benzene rings is 1. The highest BCUT2D eigenvalue weighted by Crippen LogP contribution is 2.58. The molecule has 0 saturated carbocycles. The number of anilines is 1. The summed E-state index contributed by atoms with van der Waals surface area (Å²) in [5.74, 6) is -0.795. The summed E-state index contributed by atoms with van der Waals surface area (Å²) < 4.78 is 54.7. The van der Waals surface area contributed by atoms with Crippen molar-refractivity contribution in [1.82, 2.24) is 9.55 Å². The number of aromatic nitrogens is 2. The monoisotopic (exact) mass is 766 g/mol. The van der Waals surface area contributed by atoms with Crippen LogP contribution in [0.1, 0.15) is 74.1 Å². The average Bonchev–Trinajstić information content (AvgIpc) is 3.32. The van der Waals surface area contributed by atoms with Gasteiger partial charge in [0.25, 0.3) is 0 Å². The van der Waals surface area contributed by atoms with Crippen molar-refractivity contribution in [1.29, 1.82) is 0 Å². The lowest BCUT2D eigenvalue weighted by Gasteiger charge is -2.44. The van der Waals surface area contributed by atoms with E-state index >= 15 is 0 Å². The van der Waals surface area contributed by atoms with Crippen molar-refractivity contribution in [2.45, 2.75) is 129 Å². The molecule has 0 aliphatic carbocycles. The van der Waals surface area contributed by atoms with Crippen molar-refractivity contribution in [2.24, 2.45) is 4.99 Å². The number of ether oxygens (including phenoxy) is 2. The molecule has 1 saturated heterocycles. The highest BCUT2D eigenvalue weighted by atomic mass is 31.2. The number of carbonyl (C=O) groups is 1. The van der Waals surface area contributed by atoms with Gasteiger partial charge in [0.15, 0.2) is 28.6 Å². The molecule has 2 aromatic rings. The third-order valence-electron chi connectivity index (χ3n) is 9.84. The van der Waals surface area contributed by atoms with Gasteiger partial charge >= 0.3 is 13.3 Å². The van der Waals surface area contributed by atoms with Crippen molar-refractivity contribution in [3.63, 3.8) is 0 Å². The van der Waals surface area contributed by atoms with Gasteiger partial charge in [-0.1, -0.05) is 41.5 Å². The van der Waals surface area contributed by atoms with Gasteiger partial charge in [-0.05, 0) is 86.0 Å². The number of carbonyl (C=O) groups excluding carboxylic acids is 1. The van der Waals surface area contributed by atoms with Crippen LogP contribution in [0, 0.1) is 0 Å². The smallest absolute Gasteiger partial charge is 0.357 e. The quantitative estimate of drug-likeness (QED) is 0.109. The Balaban J connectivity index is 2.36. The summed E-state index contributed by atoms with van der Waals surface area (Å²) >= 11 is 0. The van der Waals surface area contributed by atoms with Crippen LogP contribution in [-0.2, 0) is 32.0 Å². The molecule has 1 fully saturated rings. The first-order valence-corrected chi connectivity index (χ1v) is 24.9. The Morgan fingerprint density at radius 1 is 0.980 bits per heavy atom. The molecule has 1 aromatic carbocycles. The fourth-order valence-electron chi connectivity index (χ4n) is 5.03. The fourth-order valence-corrected chi connectivity index (χ4v) is 9.54. The molecule has 1 N–H and O–H groups in total. The fraction of sp³-hybridized carbons (Fsp3) is 0.657. The molecule has 5 atom stereocenters. The zero-order valence-corrected chi connectivity index (χ0v) is 35.7. The maximum Gasteiger partial charge on any atom is 0.357 e. The van der Waals surface area contributed by atoms with Crippen molar-refractivity contribution < 1.29 is 36.7 Å². The van der Waals surface area contributed by atoms with Crippen molar-refractivity contribution in [2.75, 3.05) is 25.6 Å². The summed E-state index contributed by atoms with van der Waals surface area (Å²) in [4.78, 5) is 34.5. The van der Waals surface area contributed by atoms with Gasteiger partial charge in [0, 0.05) is 19.3 Å². The summed E-state index contributed by atoms with van der Waals surface area (Å²) in [6.45, 7) is 26.2. The molecule has 0 spiro atoms. The predicted octanol–water partition coefficient (Wildman–Crippen LogP) is 7.60. The maximum atomic E-state index is 14.9. The molecule has 0 radical (unpaired) electrons. The Morgan fingerprint density at radius 2 is 1.51 bits per heavy atom. The molecule has 2 heterocycles. The van der Waals surface area contributed by atoms with Crippen LogP contribution in [0.15, 0.2) is 46.3 Å². The van der Waals surface area contributed by atoms with Crippen LogP contribution in [0.4, 0.5) is 5.82 Å². The molecule has 1 aromatic heterocycles. The molecule has 51 heavy (non-hydrogen) atoms. The molecule has 1 aliphatic rings. The lowest BCUT2D eigenvalue weighted by atomic mass is 10.1. The standard InChI is InChI=1S/C35H59N4O9PSi2/c1-15-44-49(42,45-16-2)31(36-23-25-17-19-26(43-10)20-18-25)29-28(47-50(11,12)34(4,5)6)30(48-51(13,14)35(7,8)9)32(46-29)39-22-21-27(37-24(3)40)38-33(39)41/h17-23,28-32H,15-16H2,1-14H3,(H,37,38,40,41)/b36-23+/t28-,29+,30-,31+,32-/m1/s1. The van der Waals surface area contributed by atoms with E-state index in [4.69, 9.17) is 32.4 Å². The highest BCUT2D eigenvalue weighted by molar-refractivity contribution is 7.54. The zero-order valence-electron chi connectivity index (χ0n) is 32.8. The molecule has 0 unspecified atom stereocenters. The van der Waals surface area contributed by atoms with Gasteiger partial charge in [-0.25, -0.2) is 4.79 Å². The zero-order chi connectivity index (χ0) is 38.6. The van der Waals surface area contributed by atoms with Crippen LogP contribution in [0.25, 0.3) is 0 Å². The number of hydrogen-bond donors (Lipinski definition) is 1. The number of aliphatic imine (C=N–C) groups is 1. The highest BCUT2D eigenvalue weighted by Gasteiger charge is 2.59. The second-order valence-electron chi connectivity index (χ2n) is 15.7. The van der Waals surface area contributed by atoms with E-state index in [1.807, 2.05) is 12.1 Å². The molecular weight excluding hydrogens is 708 g/mol. The summed E-state index contributed by atoms with van der Waals surface area (Å²) in [6.07, 6.45) is -0.723. The predicted molar refractivity (Wildman–Crippen MR) is 206 cm³/mol. The van der Waals surface area contributed by atoms with Gasteiger partial charge in [0.2, 0.25) is 5.91 Å². The van der Waals surface area contributed by atoms with Crippen LogP contribution in [0.5, 0.6) is 5.75 Å². The SMILES string of the molecule is CCOP(=O)(OCC)[C@H](/N=C/c1ccc(OC)cc1)[C@H]1O[C@@H](n2ccc(NC(C)=O)nc2=O)[C@H](O[Si](C)(C)C(C)(C)C)[C@@H]1O[Si](C)(C)C(C)(C)C. The largest absolute Gasteiger partial charge is 0.497 e. The van der Waals surface area contributed by atoms with Gasteiger partial charge in [-0.15, -0.1) is 0 Å². The Labute approximate surface area is 305 Å². The van der Waals surface area contributed by atoms with Crippen molar-refractivity contribution >= 4 is 42.2 Å². The van der Waals surface area contributed by atoms with E-state index < -0.39 is 60.2 Å². The first-order valence-electron chi connectivity index (χ1n) is 17.4. The second kappa shape index (κ2) is 16.7. The lowest BCUT2D eigenvalue weighted by molar-refractivity contribution is -0.114. The number of nitrogens with one attached hydrogen (secondary N) is 1. The lowest BCUT2D eigenvalue weighted by Crippen LogP contribution is -2.55. The molecule has 3 rings (SSSR count). The molecule has 1 amide bonds. The first kappa shape index (κ1) is 42.9. The number of nitrogens with zero attached hydrogens (tertiary/aromatic N) is 3. The van der Waals surface area contributed by atoms with E-state index in [-0.39, 0.29) is 35.0 Å². The number of rotatable bonds is 15. The normalized spacial score (nSPS) is 21.2. The van der Waals surface area contributed by atoms with Gasteiger partial charge < -0.3 is 32.7 Å². The summed E-state index contributed by atoms with van der Waals surface area (Å²) in [6, 6.07) is 8.80. The number of amides is 1. The van der Waals surface area contributed by atoms with Crippen LogP contribution in [0.2, 0.25) is 36.3 Å². The van der Waals surface area contributed by atoms with E-state index in [0.717, 1.165) is 5.56 Å². The molecule has 13 nitrogen and oxygen atoms in total. The van der Waals surface area contributed by atoms with Crippen molar-refractivity contribution in [3.05, 3.63) is 52.6 Å². The second-order valence-corrected chi connectivity index (χ2v) is 27.3. The van der Waals surface area contributed by atoms with E-state index in [0.29, 0.717) is 5.75 Å². The van der Waals surface area contributed by atoms with Gasteiger partial charge in [-0.3, -0.25) is 18.9 Å². The Hall–Kier alpha value is -2.50.